The van der Waals surface area contributed by atoms with Crippen LogP contribution >= 0.6 is 23.1 Å². The highest BCUT2D eigenvalue weighted by Crippen LogP contribution is 2.41. The summed E-state index contributed by atoms with van der Waals surface area (Å²) in [5, 5.41) is 9.45. The van der Waals surface area contributed by atoms with Crippen LogP contribution in [0.3, 0.4) is 0 Å². The Balaban J connectivity index is 1.52. The second kappa shape index (κ2) is 8.26. The van der Waals surface area contributed by atoms with Gasteiger partial charge in [0.1, 0.15) is 16.2 Å². The van der Waals surface area contributed by atoms with Crippen molar-refractivity contribution in [2.75, 3.05) is 5.32 Å². The van der Waals surface area contributed by atoms with E-state index < -0.39 is 10.0 Å². The van der Waals surface area contributed by atoms with E-state index in [0.717, 1.165) is 34.5 Å². The minimum absolute atomic E-state index is 0.00264. The summed E-state index contributed by atoms with van der Waals surface area (Å²) in [5.41, 5.74) is 1.84. The molecule has 2 aromatic heterocycles. The van der Waals surface area contributed by atoms with Crippen molar-refractivity contribution >= 4 is 54.9 Å². The first-order valence-electron chi connectivity index (χ1n) is 9.58. The molecular weight excluding hydrogens is 440 g/mol. The van der Waals surface area contributed by atoms with Crippen molar-refractivity contribution in [3.63, 3.8) is 0 Å². The fraction of sp³-hybridized carbons (Fsp3) is 0.350. The van der Waals surface area contributed by atoms with Crippen molar-refractivity contribution in [2.45, 2.75) is 48.3 Å². The molecule has 0 saturated heterocycles. The van der Waals surface area contributed by atoms with E-state index in [0.29, 0.717) is 11.6 Å². The Morgan fingerprint density at radius 1 is 1.30 bits per heavy atom. The first kappa shape index (κ1) is 21.2. The topological polar surface area (TPSA) is 115 Å². The maximum Gasteiger partial charge on any atom is 0.238 e. The molecule has 0 saturated carbocycles. The number of amides is 1. The van der Waals surface area contributed by atoms with Crippen molar-refractivity contribution in [3.8, 4) is 0 Å². The van der Waals surface area contributed by atoms with Gasteiger partial charge < -0.3 is 5.32 Å². The SMILES string of the molecule is C[C@H]1CCc2c(sc3ncnc(S[C@H](C)C(=O)Nc4ccc(S(N)(=O)=O)cc4)c23)C1. The molecule has 0 spiro atoms. The molecule has 10 heteroatoms. The molecule has 0 radical (unpaired) electrons. The summed E-state index contributed by atoms with van der Waals surface area (Å²) in [6, 6.07) is 5.79. The number of rotatable bonds is 5. The highest BCUT2D eigenvalue weighted by molar-refractivity contribution is 8.00. The number of carbonyl (C=O) groups is 1. The number of fused-ring (bicyclic) bond motifs is 3. The van der Waals surface area contributed by atoms with Gasteiger partial charge in [0.15, 0.2) is 0 Å². The van der Waals surface area contributed by atoms with Crippen molar-refractivity contribution in [1.82, 2.24) is 9.97 Å². The smallest absolute Gasteiger partial charge is 0.238 e. The summed E-state index contributed by atoms with van der Waals surface area (Å²) in [6.07, 6.45) is 4.81. The number of benzene rings is 1. The van der Waals surface area contributed by atoms with Gasteiger partial charge in [-0.1, -0.05) is 18.7 Å². The quantitative estimate of drug-likeness (QED) is 0.442. The lowest BCUT2D eigenvalue weighted by Crippen LogP contribution is -2.22. The summed E-state index contributed by atoms with van der Waals surface area (Å²) in [4.78, 5) is 24.0. The van der Waals surface area contributed by atoms with Crippen LogP contribution in [0.5, 0.6) is 0 Å². The third-order valence-corrected chi connectivity index (χ3v) is 8.36. The molecule has 1 aliphatic rings. The third kappa shape index (κ3) is 4.36. The van der Waals surface area contributed by atoms with Crippen molar-refractivity contribution in [1.29, 1.82) is 0 Å². The van der Waals surface area contributed by atoms with Gasteiger partial charge >= 0.3 is 0 Å². The molecule has 0 fully saturated rings. The van der Waals surface area contributed by atoms with Gasteiger partial charge in [0, 0.05) is 16.0 Å². The predicted molar refractivity (Wildman–Crippen MR) is 120 cm³/mol. The van der Waals surface area contributed by atoms with Crippen LogP contribution in [0, 0.1) is 5.92 Å². The second-order valence-corrected chi connectivity index (χ2v) is 11.5. The molecular formula is C20H22N4O3S3. The van der Waals surface area contributed by atoms with Crippen molar-refractivity contribution in [3.05, 3.63) is 41.0 Å². The summed E-state index contributed by atoms with van der Waals surface area (Å²) in [7, 11) is -3.76. The van der Waals surface area contributed by atoms with Crippen LogP contribution in [-0.4, -0.2) is 29.5 Å². The van der Waals surface area contributed by atoms with Crippen LogP contribution < -0.4 is 10.5 Å². The van der Waals surface area contributed by atoms with E-state index >= 15 is 0 Å². The Labute approximate surface area is 183 Å². The monoisotopic (exact) mass is 462 g/mol. The first-order chi connectivity index (χ1) is 14.2. The van der Waals surface area contributed by atoms with Crippen molar-refractivity contribution < 1.29 is 13.2 Å². The molecule has 2 atom stereocenters. The first-order valence-corrected chi connectivity index (χ1v) is 12.8. The lowest BCUT2D eigenvalue weighted by atomic mass is 9.89. The van der Waals surface area contributed by atoms with E-state index in [9.17, 15) is 13.2 Å². The molecule has 1 aromatic carbocycles. The van der Waals surface area contributed by atoms with Gasteiger partial charge in [-0.2, -0.15) is 0 Å². The number of nitrogens with zero attached hydrogens (tertiary/aromatic N) is 2. The van der Waals surface area contributed by atoms with Gasteiger partial charge in [-0.25, -0.2) is 23.5 Å². The maximum atomic E-state index is 12.7. The fourth-order valence-electron chi connectivity index (χ4n) is 3.53. The van der Waals surface area contributed by atoms with Crippen LogP contribution in [-0.2, 0) is 27.7 Å². The number of aryl methyl sites for hydroxylation is 1. The van der Waals surface area contributed by atoms with E-state index in [-0.39, 0.29) is 16.1 Å². The molecule has 30 heavy (non-hydrogen) atoms. The standard InChI is InChI=1S/C20H22N4O3S3/c1-11-3-8-15-16(9-11)29-20-17(15)19(22-10-23-20)28-12(2)18(25)24-13-4-6-14(7-5-13)30(21,26)27/h4-7,10-12H,3,8-9H2,1-2H3,(H,24,25)(H2,21,26,27)/t11-,12+/m0/s1. The number of anilines is 1. The minimum atomic E-state index is -3.76. The van der Waals surface area contributed by atoms with E-state index in [1.807, 2.05) is 6.92 Å². The maximum absolute atomic E-state index is 12.7. The van der Waals surface area contributed by atoms with Gasteiger partial charge in [0.2, 0.25) is 15.9 Å². The predicted octanol–water partition coefficient (Wildman–Crippen LogP) is 3.58. The zero-order chi connectivity index (χ0) is 21.5. The molecule has 0 aliphatic heterocycles. The van der Waals surface area contributed by atoms with Gasteiger partial charge in [-0.15, -0.1) is 11.3 Å². The van der Waals surface area contributed by atoms with Crippen LogP contribution in [0.25, 0.3) is 10.2 Å². The van der Waals surface area contributed by atoms with E-state index in [1.165, 1.54) is 46.5 Å². The van der Waals surface area contributed by atoms with Crippen LogP contribution in [0.1, 0.15) is 30.7 Å². The van der Waals surface area contributed by atoms with Gasteiger partial charge in [-0.05, 0) is 61.9 Å². The molecule has 0 unspecified atom stereocenters. The Morgan fingerprint density at radius 3 is 2.73 bits per heavy atom. The largest absolute Gasteiger partial charge is 0.325 e. The molecule has 1 aliphatic carbocycles. The number of aromatic nitrogens is 2. The minimum Gasteiger partial charge on any atom is -0.325 e. The summed E-state index contributed by atoms with van der Waals surface area (Å²) >= 11 is 3.15. The number of hydrogen-bond donors (Lipinski definition) is 2. The summed E-state index contributed by atoms with van der Waals surface area (Å²) in [6.45, 7) is 4.10. The average Bonchev–Trinajstić information content (AvgIpc) is 3.06. The van der Waals surface area contributed by atoms with Crippen LogP contribution in [0.4, 0.5) is 5.69 Å². The Bertz CT molecular complexity index is 1210. The molecule has 2 heterocycles. The lowest BCUT2D eigenvalue weighted by molar-refractivity contribution is -0.115. The Morgan fingerprint density at radius 2 is 2.03 bits per heavy atom. The number of nitrogens with two attached hydrogens (primary N) is 1. The molecule has 3 aromatic rings. The van der Waals surface area contributed by atoms with Crippen LogP contribution in [0.2, 0.25) is 0 Å². The lowest BCUT2D eigenvalue weighted by Gasteiger charge is -2.18. The zero-order valence-corrected chi connectivity index (χ0v) is 19.0. The number of carbonyl (C=O) groups excluding carboxylic acids is 1. The Hall–Kier alpha value is -2.01. The zero-order valence-electron chi connectivity index (χ0n) is 16.6. The number of sulfonamides is 1. The summed E-state index contributed by atoms with van der Waals surface area (Å²) in [5.74, 6) is 0.493. The summed E-state index contributed by atoms with van der Waals surface area (Å²) < 4.78 is 22.7. The van der Waals surface area contributed by atoms with E-state index in [1.54, 1.807) is 17.7 Å². The molecule has 1 amide bonds. The van der Waals surface area contributed by atoms with Crippen molar-refractivity contribution in [2.24, 2.45) is 11.1 Å². The highest BCUT2D eigenvalue weighted by Gasteiger charge is 2.25. The average molecular weight is 463 g/mol. The number of thiophene rings is 1. The highest BCUT2D eigenvalue weighted by atomic mass is 32.2. The van der Waals surface area contributed by atoms with E-state index in [4.69, 9.17) is 5.14 Å². The normalized spacial score (nSPS) is 17.5. The van der Waals surface area contributed by atoms with Gasteiger partial charge in [0.25, 0.3) is 0 Å². The third-order valence-electron chi connectivity index (χ3n) is 5.16. The fourth-order valence-corrected chi connectivity index (χ4v) is 6.41. The van der Waals surface area contributed by atoms with Gasteiger partial charge in [-0.3, -0.25) is 4.79 Å². The molecule has 0 bridgehead atoms. The number of nitrogens with one attached hydrogen (secondary N) is 1. The molecule has 158 valence electrons. The number of primary sulfonamides is 1. The number of thioether (sulfide) groups is 1. The van der Waals surface area contributed by atoms with Crippen LogP contribution in [0.15, 0.2) is 40.5 Å². The Kier molecular flexibility index (Phi) is 5.84. The van der Waals surface area contributed by atoms with Gasteiger partial charge in [0.05, 0.1) is 10.1 Å². The van der Waals surface area contributed by atoms with E-state index in [2.05, 4.69) is 22.2 Å². The molecule has 3 N–H and O–H groups in total. The molecule has 7 nitrogen and oxygen atoms in total. The molecule has 4 rings (SSSR count). The second-order valence-electron chi connectivity index (χ2n) is 7.53. The number of hydrogen-bond acceptors (Lipinski definition) is 7.